The Bertz CT molecular complexity index is 1400. The second-order valence-electron chi connectivity index (χ2n) is 7.31. The van der Waals surface area contributed by atoms with Crippen LogP contribution in [0, 0.1) is 5.82 Å². The third kappa shape index (κ3) is 3.30. The van der Waals surface area contributed by atoms with Gasteiger partial charge in [-0.2, -0.15) is 0 Å². The average Bonchev–Trinajstić information content (AvgIpc) is 3.03. The zero-order chi connectivity index (χ0) is 21.7. The molecule has 0 fully saturated rings. The first-order chi connectivity index (χ1) is 14.9. The van der Waals surface area contributed by atoms with Crippen molar-refractivity contribution in [2.45, 2.75) is 12.6 Å². The predicted molar refractivity (Wildman–Crippen MR) is 117 cm³/mol. The molecule has 1 aliphatic heterocycles. The molecule has 154 valence electrons. The van der Waals surface area contributed by atoms with E-state index in [9.17, 15) is 14.0 Å². The molecule has 1 unspecified atom stereocenters. The van der Waals surface area contributed by atoms with Crippen LogP contribution in [0.4, 0.5) is 4.39 Å². The summed E-state index contributed by atoms with van der Waals surface area (Å²) in [6, 6.07) is 17.3. The van der Waals surface area contributed by atoms with Gasteiger partial charge in [0.15, 0.2) is 5.43 Å². The Morgan fingerprint density at radius 2 is 1.71 bits per heavy atom. The number of benzene rings is 3. The van der Waals surface area contributed by atoms with E-state index in [1.807, 2.05) is 30.3 Å². The van der Waals surface area contributed by atoms with Crippen LogP contribution in [0.1, 0.15) is 33.3 Å². The monoisotopic (exact) mass is 453 g/mol. The molecule has 4 nitrogen and oxygen atoms in total. The minimum absolute atomic E-state index is 0.0453. The zero-order valence-corrected chi connectivity index (χ0v) is 17.5. The van der Waals surface area contributed by atoms with E-state index in [0.29, 0.717) is 15.6 Å². The van der Waals surface area contributed by atoms with E-state index < -0.39 is 23.2 Å². The first-order valence-corrected chi connectivity index (χ1v) is 10.3. The number of hydrogen-bond acceptors (Lipinski definition) is 3. The van der Waals surface area contributed by atoms with Gasteiger partial charge in [-0.25, -0.2) is 4.39 Å². The number of amides is 1. The summed E-state index contributed by atoms with van der Waals surface area (Å²) >= 11 is 12.3. The molecule has 7 heteroatoms. The van der Waals surface area contributed by atoms with Crippen molar-refractivity contribution in [3.8, 4) is 0 Å². The maximum Gasteiger partial charge on any atom is 0.291 e. The van der Waals surface area contributed by atoms with Crippen molar-refractivity contribution < 1.29 is 13.6 Å². The van der Waals surface area contributed by atoms with E-state index in [1.165, 1.54) is 12.1 Å². The molecule has 1 aliphatic rings. The molecule has 5 rings (SSSR count). The lowest BCUT2D eigenvalue weighted by molar-refractivity contribution is 0.0714. The molecule has 0 bridgehead atoms. The Hall–Kier alpha value is -3.15. The van der Waals surface area contributed by atoms with Crippen LogP contribution in [0.2, 0.25) is 10.0 Å². The molecule has 2 heterocycles. The quantitative estimate of drug-likeness (QED) is 0.383. The summed E-state index contributed by atoms with van der Waals surface area (Å²) in [7, 11) is 0. The molecular formula is C24H14Cl2FNO3. The van der Waals surface area contributed by atoms with E-state index >= 15 is 0 Å². The molecule has 31 heavy (non-hydrogen) atoms. The van der Waals surface area contributed by atoms with Gasteiger partial charge in [-0.05, 0) is 41.5 Å². The maximum atomic E-state index is 13.8. The smallest absolute Gasteiger partial charge is 0.291 e. The lowest BCUT2D eigenvalue weighted by atomic mass is 9.98. The average molecular weight is 454 g/mol. The molecule has 1 aromatic heterocycles. The topological polar surface area (TPSA) is 50.5 Å². The molecule has 1 atom stereocenters. The summed E-state index contributed by atoms with van der Waals surface area (Å²) in [5, 5.41) is 0.742. The molecule has 3 aromatic carbocycles. The number of hydrogen-bond donors (Lipinski definition) is 0. The van der Waals surface area contributed by atoms with Crippen LogP contribution in [0.15, 0.2) is 75.9 Å². The maximum absolute atomic E-state index is 13.8. The first-order valence-electron chi connectivity index (χ1n) is 9.50. The highest BCUT2D eigenvalue weighted by Gasteiger charge is 2.42. The summed E-state index contributed by atoms with van der Waals surface area (Å²) in [6.45, 7) is 0.249. The highest BCUT2D eigenvalue weighted by Crippen LogP contribution is 2.40. The number of halogens is 3. The summed E-state index contributed by atoms with van der Waals surface area (Å²) in [4.78, 5) is 28.3. The van der Waals surface area contributed by atoms with Gasteiger partial charge in [0, 0.05) is 6.54 Å². The third-order valence-electron chi connectivity index (χ3n) is 5.38. The van der Waals surface area contributed by atoms with Crippen molar-refractivity contribution in [2.24, 2.45) is 0 Å². The normalized spacial score (nSPS) is 15.5. The van der Waals surface area contributed by atoms with Gasteiger partial charge in [-0.1, -0.05) is 59.6 Å². The van der Waals surface area contributed by atoms with Crippen LogP contribution in [0.5, 0.6) is 0 Å². The zero-order valence-electron chi connectivity index (χ0n) is 15.9. The van der Waals surface area contributed by atoms with Crippen molar-refractivity contribution in [2.75, 3.05) is 0 Å². The lowest BCUT2D eigenvalue weighted by Crippen LogP contribution is -2.29. The van der Waals surface area contributed by atoms with Crippen LogP contribution >= 0.6 is 23.2 Å². The van der Waals surface area contributed by atoms with Gasteiger partial charge in [0.1, 0.15) is 11.4 Å². The Morgan fingerprint density at radius 1 is 0.935 bits per heavy atom. The predicted octanol–water partition coefficient (Wildman–Crippen LogP) is 5.98. The molecule has 0 radical (unpaired) electrons. The summed E-state index contributed by atoms with van der Waals surface area (Å²) in [5.74, 6) is -1.02. The fourth-order valence-electron chi connectivity index (χ4n) is 3.96. The Labute approximate surface area is 186 Å². The Kier molecular flexibility index (Phi) is 4.80. The lowest BCUT2D eigenvalue weighted by Gasteiger charge is -2.25. The van der Waals surface area contributed by atoms with Crippen LogP contribution < -0.4 is 5.43 Å². The largest absolute Gasteiger partial charge is 0.450 e. The van der Waals surface area contributed by atoms with Crippen LogP contribution in [-0.2, 0) is 6.54 Å². The van der Waals surface area contributed by atoms with Crippen molar-refractivity contribution >= 4 is 40.1 Å². The molecule has 4 aromatic rings. The molecule has 0 saturated heterocycles. The van der Waals surface area contributed by atoms with E-state index in [0.717, 1.165) is 11.6 Å². The van der Waals surface area contributed by atoms with E-state index in [4.69, 9.17) is 27.6 Å². The van der Waals surface area contributed by atoms with E-state index in [1.54, 1.807) is 23.1 Å². The second-order valence-corrected chi connectivity index (χ2v) is 8.12. The van der Waals surface area contributed by atoms with E-state index in [2.05, 4.69) is 0 Å². The van der Waals surface area contributed by atoms with Crippen LogP contribution in [-0.4, -0.2) is 10.8 Å². The molecule has 1 amide bonds. The van der Waals surface area contributed by atoms with Crippen molar-refractivity contribution in [1.29, 1.82) is 0 Å². The van der Waals surface area contributed by atoms with E-state index in [-0.39, 0.29) is 28.8 Å². The minimum Gasteiger partial charge on any atom is -0.450 e. The fourth-order valence-corrected chi connectivity index (χ4v) is 4.27. The number of fused-ring (bicyclic) bond motifs is 2. The highest BCUT2D eigenvalue weighted by atomic mass is 35.5. The second kappa shape index (κ2) is 7.52. The van der Waals surface area contributed by atoms with Crippen molar-refractivity contribution in [1.82, 2.24) is 4.90 Å². The van der Waals surface area contributed by atoms with Gasteiger partial charge in [0.2, 0.25) is 5.76 Å². The third-order valence-corrected chi connectivity index (χ3v) is 6.12. The minimum atomic E-state index is -0.749. The van der Waals surface area contributed by atoms with Gasteiger partial charge in [0.25, 0.3) is 5.91 Å². The van der Waals surface area contributed by atoms with Gasteiger partial charge in [-0.3, -0.25) is 9.59 Å². The highest BCUT2D eigenvalue weighted by molar-refractivity contribution is 6.42. The van der Waals surface area contributed by atoms with Crippen molar-refractivity contribution in [3.63, 3.8) is 0 Å². The van der Waals surface area contributed by atoms with Crippen LogP contribution in [0.3, 0.4) is 0 Å². The summed E-state index contributed by atoms with van der Waals surface area (Å²) in [6.07, 6.45) is 0. The van der Waals surface area contributed by atoms with Crippen molar-refractivity contribution in [3.05, 3.63) is 115 Å². The molecular weight excluding hydrogens is 440 g/mol. The number of carbonyl (C=O) groups is 1. The molecule has 0 aliphatic carbocycles. The van der Waals surface area contributed by atoms with Gasteiger partial charge in [0.05, 0.1) is 27.0 Å². The standard InChI is InChI=1S/C24H14Cl2FNO3/c25-17-8-6-14(10-18(17)26)21-20-22(29)16-11-15(27)7-9-19(16)31-23(20)24(30)28(21)12-13-4-2-1-3-5-13/h1-11,21H,12H2. The molecule has 0 N–H and O–H groups in total. The molecule has 0 spiro atoms. The Morgan fingerprint density at radius 3 is 2.45 bits per heavy atom. The Balaban J connectivity index is 1.75. The number of nitrogens with zero attached hydrogens (tertiary/aromatic N) is 1. The first kappa shape index (κ1) is 19.8. The SMILES string of the molecule is O=C1c2oc3ccc(F)cc3c(=O)c2C(c2ccc(Cl)c(Cl)c2)N1Cc1ccccc1. The van der Waals surface area contributed by atoms with Gasteiger partial charge in [-0.15, -0.1) is 0 Å². The number of rotatable bonds is 3. The van der Waals surface area contributed by atoms with Gasteiger partial charge < -0.3 is 9.32 Å². The van der Waals surface area contributed by atoms with Gasteiger partial charge >= 0.3 is 0 Å². The molecule has 0 saturated carbocycles. The summed E-state index contributed by atoms with van der Waals surface area (Å²) < 4.78 is 19.6. The fraction of sp³-hybridized carbons (Fsp3) is 0.0833. The summed E-state index contributed by atoms with van der Waals surface area (Å²) in [5.41, 5.74) is 1.37. The number of carbonyl (C=O) groups excluding carboxylic acids is 1. The van der Waals surface area contributed by atoms with Crippen LogP contribution in [0.25, 0.3) is 11.0 Å².